The minimum absolute atomic E-state index is 0.0339. The Morgan fingerprint density at radius 2 is 1.66 bits per heavy atom. The summed E-state index contributed by atoms with van der Waals surface area (Å²) in [6, 6.07) is 21.1. The Balaban J connectivity index is 1.64. The van der Waals surface area contributed by atoms with Crippen LogP contribution in [0.2, 0.25) is 0 Å². The van der Waals surface area contributed by atoms with Crippen molar-refractivity contribution in [1.82, 2.24) is 24.1 Å². The van der Waals surface area contributed by atoms with Gasteiger partial charge in [-0.05, 0) is 54.8 Å². The molecule has 0 atom stereocenters. The monoisotopic (exact) mass is 483 g/mol. The summed E-state index contributed by atoms with van der Waals surface area (Å²) in [6.45, 7) is 3.99. The number of rotatable bonds is 5. The van der Waals surface area contributed by atoms with Gasteiger partial charge in [-0.3, -0.25) is 14.0 Å². The zero-order valence-electron chi connectivity index (χ0n) is 20.0. The molecule has 176 valence electrons. The van der Waals surface area contributed by atoms with E-state index in [9.17, 15) is 9.59 Å². The Bertz CT molecular complexity index is 1630. The van der Waals surface area contributed by atoms with Crippen molar-refractivity contribution in [3.05, 3.63) is 99.3 Å². The molecule has 3 aromatic carbocycles. The van der Waals surface area contributed by atoms with Crippen LogP contribution in [0.5, 0.6) is 0 Å². The first kappa shape index (κ1) is 22.9. The van der Waals surface area contributed by atoms with Crippen molar-refractivity contribution < 1.29 is 4.79 Å². The van der Waals surface area contributed by atoms with Crippen LogP contribution in [0.1, 0.15) is 27.0 Å². The van der Waals surface area contributed by atoms with E-state index in [4.69, 9.17) is 0 Å². The van der Waals surface area contributed by atoms with Crippen molar-refractivity contribution in [3.63, 3.8) is 0 Å². The summed E-state index contributed by atoms with van der Waals surface area (Å²) in [6.07, 6.45) is 0. The van der Waals surface area contributed by atoms with Gasteiger partial charge in [-0.2, -0.15) is 0 Å². The number of thioether (sulfide) groups is 1. The summed E-state index contributed by atoms with van der Waals surface area (Å²) in [5.41, 5.74) is 5.10. The lowest BCUT2D eigenvalue weighted by molar-refractivity contribution is 0.0827. The molecule has 0 aliphatic carbocycles. The van der Waals surface area contributed by atoms with E-state index in [1.165, 1.54) is 11.8 Å². The molecule has 0 spiro atoms. The number of hydrogen-bond donors (Lipinski definition) is 0. The number of nitrogens with zero attached hydrogens (tertiary/aromatic N) is 5. The average Bonchev–Trinajstić information content (AvgIpc) is 3.28. The van der Waals surface area contributed by atoms with Crippen LogP contribution in [-0.2, 0) is 5.75 Å². The van der Waals surface area contributed by atoms with Crippen molar-refractivity contribution in [1.29, 1.82) is 0 Å². The number of para-hydroxylation sites is 2. The molecule has 0 saturated heterocycles. The number of amides is 1. The van der Waals surface area contributed by atoms with Gasteiger partial charge in [-0.15, -0.1) is 10.2 Å². The van der Waals surface area contributed by atoms with Crippen molar-refractivity contribution in [2.24, 2.45) is 0 Å². The van der Waals surface area contributed by atoms with Gasteiger partial charge in [0.05, 0.1) is 16.6 Å². The number of carbonyl (C=O) groups is 1. The molecule has 2 aromatic heterocycles. The van der Waals surface area contributed by atoms with E-state index in [2.05, 4.69) is 10.2 Å². The van der Waals surface area contributed by atoms with E-state index in [0.717, 1.165) is 27.9 Å². The predicted octanol–water partition coefficient (Wildman–Crippen LogP) is 4.64. The molecule has 0 saturated carbocycles. The van der Waals surface area contributed by atoms with Gasteiger partial charge in [-0.25, -0.2) is 4.57 Å². The molecule has 8 heteroatoms. The normalized spacial score (nSPS) is 11.3. The summed E-state index contributed by atoms with van der Waals surface area (Å²) in [5.74, 6) is 1.05. The highest BCUT2D eigenvalue weighted by Gasteiger charge is 2.20. The van der Waals surface area contributed by atoms with E-state index in [0.29, 0.717) is 27.6 Å². The van der Waals surface area contributed by atoms with Crippen LogP contribution in [0.3, 0.4) is 0 Å². The standard InChI is InChI=1S/C27H25N5O2S/c1-17-9-7-10-18(2)23(17)32-25(34)21-13-5-6-14-22(21)31-26(32)28-29-27(31)35-16-19-11-8-12-20(15-19)24(33)30(3)4/h5-15H,16H2,1-4H3. The van der Waals surface area contributed by atoms with Crippen LogP contribution in [0, 0.1) is 13.8 Å². The molecule has 0 bridgehead atoms. The lowest BCUT2D eigenvalue weighted by Gasteiger charge is -2.15. The van der Waals surface area contributed by atoms with Gasteiger partial charge in [0.25, 0.3) is 11.5 Å². The molecule has 1 amide bonds. The van der Waals surface area contributed by atoms with E-state index < -0.39 is 0 Å². The molecule has 0 aliphatic rings. The van der Waals surface area contributed by atoms with Gasteiger partial charge >= 0.3 is 0 Å². The predicted molar refractivity (Wildman–Crippen MR) is 140 cm³/mol. The van der Waals surface area contributed by atoms with E-state index in [-0.39, 0.29) is 11.5 Å². The molecular weight excluding hydrogens is 458 g/mol. The first-order valence-electron chi connectivity index (χ1n) is 11.3. The third kappa shape index (κ3) is 4.00. The van der Waals surface area contributed by atoms with Crippen LogP contribution in [0.25, 0.3) is 22.4 Å². The van der Waals surface area contributed by atoms with Crippen LogP contribution >= 0.6 is 11.8 Å². The molecule has 0 N–H and O–H groups in total. The first-order chi connectivity index (χ1) is 16.9. The summed E-state index contributed by atoms with van der Waals surface area (Å²) < 4.78 is 3.61. The van der Waals surface area contributed by atoms with E-state index >= 15 is 0 Å². The van der Waals surface area contributed by atoms with Crippen molar-refractivity contribution >= 4 is 34.3 Å². The lowest BCUT2D eigenvalue weighted by Crippen LogP contribution is -2.23. The highest BCUT2D eigenvalue weighted by atomic mass is 32.2. The van der Waals surface area contributed by atoms with Crippen LogP contribution in [0.15, 0.2) is 76.7 Å². The molecule has 0 fully saturated rings. The number of fused-ring (bicyclic) bond motifs is 3. The summed E-state index contributed by atoms with van der Waals surface area (Å²) >= 11 is 1.52. The molecule has 7 nitrogen and oxygen atoms in total. The smallest absolute Gasteiger partial charge is 0.267 e. The highest BCUT2D eigenvalue weighted by molar-refractivity contribution is 7.98. The Morgan fingerprint density at radius 1 is 0.943 bits per heavy atom. The maximum Gasteiger partial charge on any atom is 0.267 e. The van der Waals surface area contributed by atoms with Gasteiger partial charge in [-0.1, -0.05) is 54.2 Å². The number of carbonyl (C=O) groups excluding carboxylic acids is 1. The second-order valence-corrected chi connectivity index (χ2v) is 9.65. The molecule has 0 aliphatic heterocycles. The number of hydrogen-bond acceptors (Lipinski definition) is 5. The van der Waals surface area contributed by atoms with Gasteiger partial charge in [0.15, 0.2) is 5.16 Å². The fraction of sp³-hybridized carbons (Fsp3) is 0.185. The third-order valence-corrected chi connectivity index (χ3v) is 7.01. The first-order valence-corrected chi connectivity index (χ1v) is 12.2. The van der Waals surface area contributed by atoms with Gasteiger partial charge in [0, 0.05) is 25.4 Å². The Hall–Kier alpha value is -3.91. The van der Waals surface area contributed by atoms with Crippen LogP contribution < -0.4 is 5.56 Å². The molecule has 2 heterocycles. The quantitative estimate of drug-likeness (QED) is 0.341. The Morgan fingerprint density at radius 3 is 2.40 bits per heavy atom. The van der Waals surface area contributed by atoms with Crippen LogP contribution in [0.4, 0.5) is 0 Å². The minimum Gasteiger partial charge on any atom is -0.345 e. The molecule has 0 unspecified atom stereocenters. The lowest BCUT2D eigenvalue weighted by atomic mass is 10.1. The fourth-order valence-electron chi connectivity index (χ4n) is 4.33. The molecule has 5 rings (SSSR count). The number of aryl methyl sites for hydroxylation is 2. The molecule has 5 aromatic rings. The SMILES string of the molecule is Cc1cccc(C)c1-n1c(=O)c2ccccc2n2c(SCc3cccc(C(=O)N(C)C)c3)nnc12. The van der Waals surface area contributed by atoms with Crippen molar-refractivity contribution in [3.8, 4) is 5.69 Å². The number of aromatic nitrogens is 4. The third-order valence-electron chi connectivity index (χ3n) is 6.01. The molecular formula is C27H25N5O2S. The molecule has 35 heavy (non-hydrogen) atoms. The maximum absolute atomic E-state index is 13.6. The van der Waals surface area contributed by atoms with Gasteiger partial charge < -0.3 is 4.90 Å². The van der Waals surface area contributed by atoms with Gasteiger partial charge in [0.2, 0.25) is 5.78 Å². The van der Waals surface area contributed by atoms with Gasteiger partial charge in [0.1, 0.15) is 0 Å². The highest BCUT2D eigenvalue weighted by Crippen LogP contribution is 2.27. The van der Waals surface area contributed by atoms with Crippen molar-refractivity contribution in [2.45, 2.75) is 24.8 Å². The number of benzene rings is 3. The van der Waals surface area contributed by atoms with E-state index in [1.807, 2.05) is 85.0 Å². The van der Waals surface area contributed by atoms with E-state index in [1.54, 1.807) is 23.6 Å². The minimum atomic E-state index is -0.121. The Kier molecular flexibility index (Phi) is 5.90. The summed E-state index contributed by atoms with van der Waals surface area (Å²) in [5, 5.41) is 10.2. The average molecular weight is 484 g/mol. The topological polar surface area (TPSA) is 72.5 Å². The zero-order chi connectivity index (χ0) is 24.7. The zero-order valence-corrected chi connectivity index (χ0v) is 20.8. The Labute approximate surface area is 207 Å². The maximum atomic E-state index is 13.6. The van der Waals surface area contributed by atoms with Crippen molar-refractivity contribution in [2.75, 3.05) is 14.1 Å². The summed E-state index contributed by atoms with van der Waals surface area (Å²) in [4.78, 5) is 27.6. The van der Waals surface area contributed by atoms with Crippen LogP contribution in [-0.4, -0.2) is 44.1 Å². The molecule has 0 radical (unpaired) electrons. The second kappa shape index (κ2) is 9.03. The second-order valence-electron chi connectivity index (χ2n) is 8.70. The largest absolute Gasteiger partial charge is 0.345 e. The summed E-state index contributed by atoms with van der Waals surface area (Å²) in [7, 11) is 3.49. The fourth-order valence-corrected chi connectivity index (χ4v) is 5.22.